The normalized spacial score (nSPS) is 10.8. The number of unbranched alkanes of at least 4 members (excludes halogenated alkanes) is 10. The lowest BCUT2D eigenvalue weighted by Crippen LogP contribution is -2.02. The van der Waals surface area contributed by atoms with Crippen molar-refractivity contribution in [1.82, 2.24) is 0 Å². The molecule has 6 nitrogen and oxygen atoms in total. The number of nitrogens with zero attached hydrogens (tertiary/aromatic N) is 1. The molecule has 0 saturated carbocycles. The van der Waals surface area contributed by atoms with Crippen molar-refractivity contribution >= 4 is 5.69 Å². The van der Waals surface area contributed by atoms with Crippen molar-refractivity contribution in [1.29, 1.82) is 5.53 Å². The van der Waals surface area contributed by atoms with E-state index in [0.717, 1.165) is 42.6 Å². The fraction of sp³-hybridized carbons (Fsp3) is 0.600. The maximum Gasteiger partial charge on any atom is 0.147 e. The molecule has 6 heteroatoms. The van der Waals surface area contributed by atoms with Gasteiger partial charge in [-0.25, -0.2) is 5.53 Å². The van der Waals surface area contributed by atoms with E-state index in [9.17, 15) is 0 Å². The Morgan fingerprint density at radius 1 is 0.611 bits per heavy atom. The first-order valence-corrected chi connectivity index (χ1v) is 13.7. The van der Waals surface area contributed by atoms with Gasteiger partial charge in [0.2, 0.25) is 0 Å². The molecule has 200 valence electrons. The summed E-state index contributed by atoms with van der Waals surface area (Å²) in [6.07, 6.45) is 14.3. The number of methoxy groups -OCH3 is 2. The molecule has 0 aromatic heterocycles. The second kappa shape index (κ2) is 17.6. The molecule has 2 aromatic carbocycles. The van der Waals surface area contributed by atoms with Crippen LogP contribution in [0, 0.1) is 5.53 Å². The quantitative estimate of drug-likeness (QED) is 0.146. The molecule has 1 N–H and O–H groups in total. The van der Waals surface area contributed by atoms with Crippen molar-refractivity contribution < 1.29 is 18.9 Å². The average Bonchev–Trinajstić information content (AvgIpc) is 2.91. The number of nitrogens with one attached hydrogen (secondary N) is 1. The van der Waals surface area contributed by atoms with E-state index < -0.39 is 0 Å². The van der Waals surface area contributed by atoms with Crippen LogP contribution in [-0.4, -0.2) is 27.4 Å². The summed E-state index contributed by atoms with van der Waals surface area (Å²) in [5.41, 5.74) is 9.97. The topological polar surface area (TPSA) is 73.1 Å². The van der Waals surface area contributed by atoms with Crippen molar-refractivity contribution in [3.05, 3.63) is 30.3 Å². The Kier molecular flexibility index (Phi) is 14.4. The number of hydrogen-bond acceptors (Lipinski definition) is 6. The second-order valence-corrected chi connectivity index (χ2v) is 9.23. The van der Waals surface area contributed by atoms with Crippen LogP contribution >= 0.6 is 0 Å². The molecule has 0 bridgehead atoms. The van der Waals surface area contributed by atoms with Crippen LogP contribution in [0.15, 0.2) is 35.4 Å². The van der Waals surface area contributed by atoms with Crippen LogP contribution in [0.5, 0.6) is 23.0 Å². The lowest BCUT2D eigenvalue weighted by molar-refractivity contribution is 0.298. The highest BCUT2D eigenvalue weighted by atomic mass is 16.5. The van der Waals surface area contributed by atoms with Crippen LogP contribution in [0.1, 0.15) is 90.9 Å². The van der Waals surface area contributed by atoms with Crippen LogP contribution in [0.25, 0.3) is 11.1 Å². The summed E-state index contributed by atoms with van der Waals surface area (Å²) in [5.74, 6) is 2.70. The largest absolute Gasteiger partial charge is 0.497 e. The molecule has 0 spiro atoms. The van der Waals surface area contributed by atoms with Gasteiger partial charge in [0, 0.05) is 23.3 Å². The van der Waals surface area contributed by atoms with E-state index >= 15 is 0 Å². The third kappa shape index (κ3) is 9.71. The van der Waals surface area contributed by atoms with E-state index in [-0.39, 0.29) is 0 Å². The van der Waals surface area contributed by atoms with Gasteiger partial charge in [0.15, 0.2) is 0 Å². The van der Waals surface area contributed by atoms with Crippen molar-refractivity contribution in [3.8, 4) is 34.1 Å². The Morgan fingerprint density at radius 3 is 1.75 bits per heavy atom. The van der Waals surface area contributed by atoms with E-state index in [0.29, 0.717) is 36.1 Å². The van der Waals surface area contributed by atoms with Gasteiger partial charge in [-0.15, -0.1) is 0 Å². The third-order valence-electron chi connectivity index (χ3n) is 6.39. The van der Waals surface area contributed by atoms with Gasteiger partial charge in [-0.2, -0.15) is 5.11 Å². The Balaban J connectivity index is 2.22. The minimum Gasteiger partial charge on any atom is -0.497 e. The summed E-state index contributed by atoms with van der Waals surface area (Å²) in [5, 5.41) is 3.75. The lowest BCUT2D eigenvalue weighted by atomic mass is 10.0. The van der Waals surface area contributed by atoms with Crippen LogP contribution in [0.4, 0.5) is 5.69 Å². The maximum atomic E-state index is 7.74. The third-order valence-corrected chi connectivity index (χ3v) is 6.39. The Labute approximate surface area is 218 Å². The van der Waals surface area contributed by atoms with Gasteiger partial charge >= 0.3 is 0 Å². The first-order valence-electron chi connectivity index (χ1n) is 13.7. The van der Waals surface area contributed by atoms with Crippen molar-refractivity contribution in [3.63, 3.8) is 0 Å². The molecule has 2 rings (SSSR count). The Morgan fingerprint density at radius 2 is 1.19 bits per heavy atom. The molecule has 0 fully saturated rings. The average molecular weight is 499 g/mol. The molecular weight excluding hydrogens is 452 g/mol. The van der Waals surface area contributed by atoms with E-state index in [1.54, 1.807) is 14.2 Å². The molecule has 0 atom stereocenters. The molecule has 0 saturated heterocycles. The van der Waals surface area contributed by atoms with Gasteiger partial charge in [0.1, 0.15) is 28.7 Å². The van der Waals surface area contributed by atoms with E-state index in [1.807, 2.05) is 30.3 Å². The highest BCUT2D eigenvalue weighted by Gasteiger charge is 2.18. The fourth-order valence-electron chi connectivity index (χ4n) is 4.23. The summed E-state index contributed by atoms with van der Waals surface area (Å²) in [7, 11) is 3.29. The summed E-state index contributed by atoms with van der Waals surface area (Å²) in [4.78, 5) is 0. The zero-order valence-corrected chi connectivity index (χ0v) is 22.9. The predicted molar refractivity (Wildman–Crippen MR) is 148 cm³/mol. The molecule has 0 aliphatic carbocycles. The monoisotopic (exact) mass is 498 g/mol. The number of ether oxygens (including phenoxy) is 4. The molecule has 0 unspecified atom stereocenters. The van der Waals surface area contributed by atoms with E-state index in [1.165, 1.54) is 51.4 Å². The van der Waals surface area contributed by atoms with Crippen LogP contribution in [0.3, 0.4) is 0 Å². The first kappa shape index (κ1) is 29.5. The number of hydrogen-bond donors (Lipinski definition) is 1. The highest BCUT2D eigenvalue weighted by molar-refractivity contribution is 5.80. The van der Waals surface area contributed by atoms with Crippen LogP contribution < -0.4 is 18.9 Å². The summed E-state index contributed by atoms with van der Waals surface area (Å²) in [6.45, 7) is 5.68. The van der Waals surface area contributed by atoms with Gasteiger partial charge < -0.3 is 18.9 Å². The van der Waals surface area contributed by atoms with Gasteiger partial charge in [-0.3, -0.25) is 0 Å². The highest BCUT2D eigenvalue weighted by Crippen LogP contribution is 2.44. The SMILES string of the molecule is CCCCCCCCOc1cc(-c2ccc(OC)cc2OC)c(OCCCCCCCC)cc1N=N. The Bertz CT molecular complexity index is 901. The molecule has 0 radical (unpaired) electrons. The molecule has 0 aliphatic heterocycles. The molecule has 0 aliphatic rings. The van der Waals surface area contributed by atoms with E-state index in [2.05, 4.69) is 19.0 Å². The molecule has 2 aromatic rings. The van der Waals surface area contributed by atoms with Gasteiger partial charge in [0.05, 0.1) is 27.4 Å². The van der Waals surface area contributed by atoms with Crippen molar-refractivity contribution in [2.24, 2.45) is 5.11 Å². The molecule has 36 heavy (non-hydrogen) atoms. The van der Waals surface area contributed by atoms with Gasteiger partial charge in [0.25, 0.3) is 0 Å². The summed E-state index contributed by atoms with van der Waals surface area (Å²) >= 11 is 0. The van der Waals surface area contributed by atoms with Crippen LogP contribution in [0.2, 0.25) is 0 Å². The van der Waals surface area contributed by atoms with Crippen LogP contribution in [-0.2, 0) is 0 Å². The maximum absolute atomic E-state index is 7.74. The summed E-state index contributed by atoms with van der Waals surface area (Å²) in [6, 6.07) is 9.51. The number of benzene rings is 2. The standard InChI is InChI=1S/C30H46N2O4/c1-5-7-9-11-13-15-19-35-29-23-27(32-31)30(36-20-16-14-12-10-8-6-2)22-26(29)25-18-17-24(33-3)21-28(25)34-4/h17-18,21-23,31H,5-16,19-20H2,1-4H3. The zero-order chi connectivity index (χ0) is 26.0. The minimum absolute atomic E-state index is 0.482. The van der Waals surface area contributed by atoms with Crippen molar-refractivity contribution in [2.75, 3.05) is 27.4 Å². The summed E-state index contributed by atoms with van der Waals surface area (Å²) < 4.78 is 23.4. The van der Waals surface area contributed by atoms with E-state index in [4.69, 9.17) is 24.5 Å². The molecule has 0 heterocycles. The zero-order valence-electron chi connectivity index (χ0n) is 22.9. The minimum atomic E-state index is 0.482. The Hall–Kier alpha value is -2.76. The van der Waals surface area contributed by atoms with Crippen molar-refractivity contribution in [2.45, 2.75) is 90.9 Å². The molecular formula is C30H46N2O4. The predicted octanol–water partition coefficient (Wildman–Crippen LogP) is 9.51. The van der Waals surface area contributed by atoms with Gasteiger partial charge in [-0.1, -0.05) is 78.1 Å². The first-order chi connectivity index (χ1) is 17.7. The van der Waals surface area contributed by atoms with Gasteiger partial charge in [-0.05, 0) is 31.0 Å². The lowest BCUT2D eigenvalue weighted by Gasteiger charge is -2.18. The molecule has 0 amide bonds. The second-order valence-electron chi connectivity index (χ2n) is 9.23. The smallest absolute Gasteiger partial charge is 0.147 e. The fourth-order valence-corrected chi connectivity index (χ4v) is 4.23. The number of rotatable bonds is 20.